The van der Waals surface area contributed by atoms with Crippen LogP contribution in [0.25, 0.3) is 11.3 Å². The molecule has 1 amide bonds. The Bertz CT molecular complexity index is 1350. The third-order valence-corrected chi connectivity index (χ3v) is 6.88. The van der Waals surface area contributed by atoms with Gasteiger partial charge in [0, 0.05) is 36.0 Å². The van der Waals surface area contributed by atoms with Crippen LogP contribution in [-0.4, -0.2) is 50.4 Å². The second-order valence-corrected chi connectivity index (χ2v) is 9.27. The highest BCUT2D eigenvalue weighted by Crippen LogP contribution is 2.29. The predicted octanol–water partition coefficient (Wildman–Crippen LogP) is 5.44. The number of aryl methyl sites for hydroxylation is 1. The minimum absolute atomic E-state index is 0.218. The first kappa shape index (κ1) is 24.5. The van der Waals surface area contributed by atoms with Gasteiger partial charge < -0.3 is 15.5 Å². The normalized spacial score (nSPS) is 14.3. The first-order valence-corrected chi connectivity index (χ1v) is 12.7. The van der Waals surface area contributed by atoms with Crippen LogP contribution in [-0.2, 0) is 0 Å². The lowest BCUT2D eigenvalue weighted by atomic mass is 9.89. The zero-order valence-corrected chi connectivity index (χ0v) is 21.2. The maximum absolute atomic E-state index is 13.0. The number of amides is 1. The second-order valence-electron chi connectivity index (χ2n) is 9.27. The minimum atomic E-state index is -0.218. The van der Waals surface area contributed by atoms with Gasteiger partial charge in [0.2, 0.25) is 5.95 Å². The van der Waals surface area contributed by atoms with E-state index in [2.05, 4.69) is 54.5 Å². The van der Waals surface area contributed by atoms with Crippen molar-refractivity contribution < 1.29 is 4.79 Å². The number of benzene rings is 1. The number of aromatic nitrogens is 4. The Morgan fingerprint density at radius 3 is 2.57 bits per heavy atom. The molecule has 4 aromatic rings. The molecule has 3 aromatic heterocycles. The summed E-state index contributed by atoms with van der Waals surface area (Å²) in [6.45, 7) is 7.51. The Morgan fingerprint density at radius 1 is 1.03 bits per heavy atom. The summed E-state index contributed by atoms with van der Waals surface area (Å²) in [5.41, 5.74) is 5.62. The van der Waals surface area contributed by atoms with Gasteiger partial charge in [-0.25, -0.2) is 9.97 Å². The number of carbonyl (C=O) groups excluding carboxylic acids is 1. The predicted molar refractivity (Wildman–Crippen MR) is 146 cm³/mol. The SMILES string of the molecule is CCN1CCC(c2ccc(NC(=O)c3cnc(C)c(Nc4nccc(-c5cccnc5)n4)c3)cc2)CC1. The van der Waals surface area contributed by atoms with Crippen LogP contribution in [0, 0.1) is 6.92 Å². The highest BCUT2D eigenvalue weighted by molar-refractivity contribution is 6.04. The molecule has 1 aliphatic rings. The Balaban J connectivity index is 1.25. The molecular formula is C29H31N7O. The van der Waals surface area contributed by atoms with Crippen molar-refractivity contribution in [1.29, 1.82) is 0 Å². The van der Waals surface area contributed by atoms with Gasteiger partial charge in [0.15, 0.2) is 0 Å². The number of rotatable bonds is 7. The van der Waals surface area contributed by atoms with Crippen molar-refractivity contribution in [2.24, 2.45) is 0 Å². The maximum Gasteiger partial charge on any atom is 0.257 e. The van der Waals surface area contributed by atoms with Crippen molar-refractivity contribution in [3.05, 3.63) is 90.1 Å². The van der Waals surface area contributed by atoms with Gasteiger partial charge in [-0.1, -0.05) is 19.1 Å². The van der Waals surface area contributed by atoms with Crippen LogP contribution in [0.4, 0.5) is 17.3 Å². The van der Waals surface area contributed by atoms with Crippen LogP contribution in [0.2, 0.25) is 0 Å². The number of piperidine rings is 1. The van der Waals surface area contributed by atoms with Gasteiger partial charge in [-0.3, -0.25) is 14.8 Å². The molecule has 4 heterocycles. The quantitative estimate of drug-likeness (QED) is 0.354. The van der Waals surface area contributed by atoms with Crippen molar-refractivity contribution >= 4 is 23.2 Å². The van der Waals surface area contributed by atoms with Gasteiger partial charge in [0.05, 0.1) is 22.6 Å². The number of nitrogens with zero attached hydrogens (tertiary/aromatic N) is 5. The monoisotopic (exact) mass is 493 g/mol. The molecule has 188 valence electrons. The zero-order chi connectivity index (χ0) is 25.6. The van der Waals surface area contributed by atoms with E-state index in [9.17, 15) is 4.79 Å². The molecule has 8 heteroatoms. The van der Waals surface area contributed by atoms with Gasteiger partial charge in [0.25, 0.3) is 5.91 Å². The largest absolute Gasteiger partial charge is 0.323 e. The Kier molecular flexibility index (Phi) is 7.46. The van der Waals surface area contributed by atoms with Crippen LogP contribution in [0.15, 0.2) is 73.3 Å². The third-order valence-electron chi connectivity index (χ3n) is 6.88. The molecule has 1 fully saturated rings. The third kappa shape index (κ3) is 5.98. The fourth-order valence-electron chi connectivity index (χ4n) is 4.62. The van der Waals surface area contributed by atoms with Crippen LogP contribution >= 0.6 is 0 Å². The van der Waals surface area contributed by atoms with E-state index in [0.29, 0.717) is 23.1 Å². The molecule has 0 saturated carbocycles. The molecule has 0 spiro atoms. The summed E-state index contributed by atoms with van der Waals surface area (Å²) in [7, 11) is 0. The number of hydrogen-bond acceptors (Lipinski definition) is 7. The summed E-state index contributed by atoms with van der Waals surface area (Å²) in [5, 5.41) is 6.20. The van der Waals surface area contributed by atoms with E-state index in [1.54, 1.807) is 30.9 Å². The summed E-state index contributed by atoms with van der Waals surface area (Å²) in [5.74, 6) is 0.787. The van der Waals surface area contributed by atoms with E-state index < -0.39 is 0 Å². The van der Waals surface area contributed by atoms with E-state index in [1.165, 1.54) is 18.4 Å². The Labute approximate surface area is 217 Å². The van der Waals surface area contributed by atoms with Gasteiger partial charge >= 0.3 is 0 Å². The number of likely N-dealkylation sites (tertiary alicyclic amines) is 1. The molecular weight excluding hydrogens is 462 g/mol. The van der Waals surface area contributed by atoms with Crippen molar-refractivity contribution in [2.45, 2.75) is 32.6 Å². The molecule has 1 aromatic carbocycles. The maximum atomic E-state index is 13.0. The fourth-order valence-corrected chi connectivity index (χ4v) is 4.62. The number of carbonyl (C=O) groups is 1. The zero-order valence-electron chi connectivity index (χ0n) is 21.2. The van der Waals surface area contributed by atoms with Crippen LogP contribution in [0.3, 0.4) is 0 Å². The van der Waals surface area contributed by atoms with E-state index in [-0.39, 0.29) is 5.91 Å². The highest BCUT2D eigenvalue weighted by atomic mass is 16.1. The van der Waals surface area contributed by atoms with E-state index in [4.69, 9.17) is 0 Å². The van der Waals surface area contributed by atoms with Gasteiger partial charge in [-0.05, 0) is 87.3 Å². The molecule has 8 nitrogen and oxygen atoms in total. The Hall–Kier alpha value is -4.17. The van der Waals surface area contributed by atoms with Crippen LogP contribution in [0.1, 0.15) is 47.3 Å². The number of pyridine rings is 2. The average Bonchev–Trinajstić information content (AvgIpc) is 2.95. The van der Waals surface area contributed by atoms with Crippen molar-refractivity contribution in [3.8, 4) is 11.3 Å². The molecule has 37 heavy (non-hydrogen) atoms. The smallest absolute Gasteiger partial charge is 0.257 e. The molecule has 0 radical (unpaired) electrons. The summed E-state index contributed by atoms with van der Waals surface area (Å²) in [4.78, 5) is 33.0. The first-order chi connectivity index (χ1) is 18.1. The number of nitrogens with one attached hydrogen (secondary N) is 2. The van der Waals surface area contributed by atoms with E-state index in [0.717, 1.165) is 42.3 Å². The summed E-state index contributed by atoms with van der Waals surface area (Å²) >= 11 is 0. The van der Waals surface area contributed by atoms with Gasteiger partial charge in [-0.2, -0.15) is 0 Å². The lowest BCUT2D eigenvalue weighted by Crippen LogP contribution is -2.32. The fraction of sp³-hybridized carbons (Fsp3) is 0.276. The van der Waals surface area contributed by atoms with Crippen LogP contribution < -0.4 is 10.6 Å². The van der Waals surface area contributed by atoms with E-state index in [1.807, 2.05) is 37.3 Å². The number of anilines is 3. The highest BCUT2D eigenvalue weighted by Gasteiger charge is 2.19. The molecule has 2 N–H and O–H groups in total. The van der Waals surface area contributed by atoms with Gasteiger partial charge in [0.1, 0.15) is 0 Å². The molecule has 1 aliphatic heterocycles. The summed E-state index contributed by atoms with van der Waals surface area (Å²) in [6, 6.07) is 15.6. The average molecular weight is 494 g/mol. The van der Waals surface area contributed by atoms with Crippen molar-refractivity contribution in [2.75, 3.05) is 30.3 Å². The lowest BCUT2D eigenvalue weighted by molar-refractivity contribution is 0.102. The van der Waals surface area contributed by atoms with Gasteiger partial charge in [-0.15, -0.1) is 0 Å². The molecule has 5 rings (SSSR count). The molecule has 0 unspecified atom stereocenters. The standard InChI is InChI=1S/C29H31N7O/c1-3-36-15-11-22(12-16-36)21-6-8-25(9-7-21)33-28(37)24-17-27(20(2)32-19-24)35-29-31-14-10-26(34-29)23-5-4-13-30-18-23/h4-10,13-14,17-19,22H,3,11-12,15-16H2,1-2H3,(H,33,37)(H,31,34,35). The molecule has 0 bridgehead atoms. The molecule has 0 atom stereocenters. The van der Waals surface area contributed by atoms with Crippen molar-refractivity contribution in [1.82, 2.24) is 24.8 Å². The lowest BCUT2D eigenvalue weighted by Gasteiger charge is -2.31. The van der Waals surface area contributed by atoms with Crippen molar-refractivity contribution in [3.63, 3.8) is 0 Å². The minimum Gasteiger partial charge on any atom is -0.323 e. The van der Waals surface area contributed by atoms with Crippen LogP contribution in [0.5, 0.6) is 0 Å². The summed E-state index contributed by atoms with van der Waals surface area (Å²) < 4.78 is 0. The first-order valence-electron chi connectivity index (χ1n) is 12.7. The number of hydrogen-bond donors (Lipinski definition) is 2. The molecule has 1 saturated heterocycles. The molecule has 0 aliphatic carbocycles. The topological polar surface area (TPSA) is 95.9 Å². The second kappa shape index (κ2) is 11.3. The van der Waals surface area contributed by atoms with E-state index >= 15 is 0 Å². The Morgan fingerprint density at radius 2 is 1.84 bits per heavy atom. The summed E-state index contributed by atoms with van der Waals surface area (Å²) in [6.07, 6.45) is 9.11.